The van der Waals surface area contributed by atoms with Gasteiger partial charge in [-0.05, 0) is 49.7 Å². The molecule has 5 heteroatoms. The molecule has 1 fully saturated rings. The number of nitrogens with one attached hydrogen (secondary N) is 1. The number of benzene rings is 1. The van der Waals surface area contributed by atoms with Crippen molar-refractivity contribution in [2.75, 3.05) is 26.7 Å². The topological polar surface area (TPSA) is 54.7 Å². The van der Waals surface area contributed by atoms with E-state index < -0.39 is 0 Å². The van der Waals surface area contributed by atoms with E-state index in [9.17, 15) is 4.79 Å². The van der Waals surface area contributed by atoms with Gasteiger partial charge in [-0.1, -0.05) is 12.1 Å². The number of rotatable bonds is 6. The van der Waals surface area contributed by atoms with Crippen LogP contribution in [0, 0.1) is 0 Å². The Labute approximate surface area is 136 Å². The van der Waals surface area contributed by atoms with E-state index in [1.54, 1.807) is 13.2 Å². The van der Waals surface area contributed by atoms with Crippen LogP contribution in [0.25, 0.3) is 0 Å². The molecule has 1 saturated heterocycles. The molecule has 0 saturated carbocycles. The summed E-state index contributed by atoms with van der Waals surface area (Å²) in [5.74, 6) is 0.735. The Morgan fingerprint density at radius 3 is 2.87 bits per heavy atom. The molecule has 1 aliphatic rings. The van der Waals surface area contributed by atoms with Gasteiger partial charge in [-0.15, -0.1) is 0 Å². The molecule has 1 unspecified atom stereocenters. The molecule has 3 rings (SSSR count). The van der Waals surface area contributed by atoms with Crippen molar-refractivity contribution < 1.29 is 13.9 Å². The van der Waals surface area contributed by atoms with Crippen LogP contribution in [0.3, 0.4) is 0 Å². The second-order valence-corrected chi connectivity index (χ2v) is 5.76. The van der Waals surface area contributed by atoms with Gasteiger partial charge in [0, 0.05) is 6.54 Å². The lowest BCUT2D eigenvalue weighted by molar-refractivity contribution is 0.0937. The first kappa shape index (κ1) is 15.6. The van der Waals surface area contributed by atoms with Gasteiger partial charge < -0.3 is 14.5 Å². The first-order chi connectivity index (χ1) is 11.3. The molecular formula is C18H22N2O3. The van der Waals surface area contributed by atoms with Crippen LogP contribution in [0.5, 0.6) is 5.75 Å². The van der Waals surface area contributed by atoms with E-state index in [0.717, 1.165) is 18.8 Å². The highest BCUT2D eigenvalue weighted by atomic mass is 16.5. The molecule has 1 aliphatic heterocycles. The highest BCUT2D eigenvalue weighted by Crippen LogP contribution is 2.27. The van der Waals surface area contributed by atoms with Crippen LogP contribution in [0.1, 0.15) is 34.8 Å². The summed E-state index contributed by atoms with van der Waals surface area (Å²) in [4.78, 5) is 14.6. The maximum Gasteiger partial charge on any atom is 0.254 e. The minimum absolute atomic E-state index is 0.106. The summed E-state index contributed by atoms with van der Waals surface area (Å²) < 4.78 is 10.3. The Bertz CT molecular complexity index is 633. The molecule has 1 aromatic heterocycles. The van der Waals surface area contributed by atoms with Crippen molar-refractivity contribution in [3.8, 4) is 5.75 Å². The molecular weight excluding hydrogens is 292 g/mol. The minimum atomic E-state index is -0.106. The van der Waals surface area contributed by atoms with Gasteiger partial charge in [0.25, 0.3) is 5.91 Å². The molecule has 122 valence electrons. The van der Waals surface area contributed by atoms with E-state index in [4.69, 9.17) is 9.15 Å². The summed E-state index contributed by atoms with van der Waals surface area (Å²) in [5.41, 5.74) is 1.72. The van der Waals surface area contributed by atoms with E-state index in [1.807, 2.05) is 18.2 Å². The molecule has 2 heterocycles. The lowest BCUT2D eigenvalue weighted by Gasteiger charge is -2.28. The number of amides is 1. The van der Waals surface area contributed by atoms with Crippen LogP contribution in [0.4, 0.5) is 0 Å². The number of nitrogens with zero attached hydrogens (tertiary/aromatic N) is 1. The molecule has 0 aliphatic carbocycles. The molecule has 0 bridgehead atoms. The molecule has 1 N–H and O–H groups in total. The first-order valence-electron chi connectivity index (χ1n) is 7.96. The van der Waals surface area contributed by atoms with Gasteiger partial charge in [0.1, 0.15) is 12.0 Å². The molecule has 23 heavy (non-hydrogen) atoms. The van der Waals surface area contributed by atoms with Gasteiger partial charge >= 0.3 is 0 Å². The molecule has 2 aromatic rings. The van der Waals surface area contributed by atoms with Crippen LogP contribution < -0.4 is 10.1 Å². The largest absolute Gasteiger partial charge is 0.497 e. The average Bonchev–Trinajstić information content (AvgIpc) is 3.29. The maximum atomic E-state index is 12.2. The molecule has 1 atom stereocenters. The number of carbonyl (C=O) groups excluding carboxylic acids is 1. The summed E-state index contributed by atoms with van der Waals surface area (Å²) in [6.07, 6.45) is 5.38. The number of hydrogen-bond donors (Lipinski definition) is 1. The Morgan fingerprint density at radius 1 is 1.35 bits per heavy atom. The lowest BCUT2D eigenvalue weighted by atomic mass is 10.0. The van der Waals surface area contributed by atoms with E-state index in [2.05, 4.69) is 16.3 Å². The SMILES string of the molecule is COc1cccc(C(CNC(=O)c2ccoc2)N2CCCC2)c1. The number of furan rings is 1. The summed E-state index contributed by atoms with van der Waals surface area (Å²) in [6, 6.07) is 9.90. The highest BCUT2D eigenvalue weighted by molar-refractivity contribution is 5.93. The van der Waals surface area contributed by atoms with Crippen molar-refractivity contribution in [3.63, 3.8) is 0 Å². The van der Waals surface area contributed by atoms with E-state index in [1.165, 1.54) is 30.9 Å². The van der Waals surface area contributed by atoms with Crippen molar-refractivity contribution in [3.05, 3.63) is 54.0 Å². The summed E-state index contributed by atoms with van der Waals surface area (Å²) in [7, 11) is 1.67. The van der Waals surface area contributed by atoms with E-state index in [-0.39, 0.29) is 11.9 Å². The third kappa shape index (κ3) is 3.74. The third-order valence-corrected chi connectivity index (χ3v) is 4.30. The second-order valence-electron chi connectivity index (χ2n) is 5.76. The van der Waals surface area contributed by atoms with E-state index >= 15 is 0 Å². The zero-order valence-electron chi connectivity index (χ0n) is 13.3. The summed E-state index contributed by atoms with van der Waals surface area (Å²) in [6.45, 7) is 2.68. The summed E-state index contributed by atoms with van der Waals surface area (Å²) in [5, 5.41) is 3.02. The predicted molar refractivity (Wildman–Crippen MR) is 87.6 cm³/mol. The number of ether oxygens (including phenoxy) is 1. The van der Waals surface area contributed by atoms with Gasteiger partial charge in [-0.3, -0.25) is 9.69 Å². The van der Waals surface area contributed by atoms with Crippen LogP contribution in [-0.2, 0) is 0 Å². The van der Waals surface area contributed by atoms with Gasteiger partial charge in [-0.25, -0.2) is 0 Å². The fourth-order valence-corrected chi connectivity index (χ4v) is 3.04. The Balaban J connectivity index is 1.74. The van der Waals surface area contributed by atoms with Crippen molar-refractivity contribution in [2.45, 2.75) is 18.9 Å². The van der Waals surface area contributed by atoms with Crippen molar-refractivity contribution in [2.24, 2.45) is 0 Å². The lowest BCUT2D eigenvalue weighted by Crippen LogP contribution is -2.36. The van der Waals surface area contributed by atoms with Crippen LogP contribution >= 0.6 is 0 Å². The van der Waals surface area contributed by atoms with Gasteiger partial charge in [0.15, 0.2) is 0 Å². The molecule has 1 amide bonds. The Morgan fingerprint density at radius 2 is 2.17 bits per heavy atom. The average molecular weight is 314 g/mol. The molecule has 1 aromatic carbocycles. The molecule has 5 nitrogen and oxygen atoms in total. The second kappa shape index (κ2) is 7.33. The van der Waals surface area contributed by atoms with Crippen molar-refractivity contribution in [1.82, 2.24) is 10.2 Å². The van der Waals surface area contributed by atoms with Crippen molar-refractivity contribution >= 4 is 5.91 Å². The highest BCUT2D eigenvalue weighted by Gasteiger charge is 2.24. The number of hydrogen-bond acceptors (Lipinski definition) is 4. The van der Waals surface area contributed by atoms with E-state index in [0.29, 0.717) is 12.1 Å². The van der Waals surface area contributed by atoms with Gasteiger partial charge in [0.05, 0.1) is 25.0 Å². The fraction of sp³-hybridized carbons (Fsp3) is 0.389. The molecule has 0 radical (unpaired) electrons. The molecule has 0 spiro atoms. The standard InChI is InChI=1S/C18H22N2O3/c1-22-16-6-4-5-14(11-16)17(20-8-2-3-9-20)12-19-18(21)15-7-10-23-13-15/h4-7,10-11,13,17H,2-3,8-9,12H2,1H3,(H,19,21). The third-order valence-electron chi connectivity index (χ3n) is 4.30. The number of carbonyl (C=O) groups is 1. The van der Waals surface area contributed by atoms with Crippen molar-refractivity contribution in [1.29, 1.82) is 0 Å². The number of methoxy groups -OCH3 is 1. The Kier molecular flexibility index (Phi) is 4.98. The number of likely N-dealkylation sites (tertiary alicyclic amines) is 1. The van der Waals surface area contributed by atoms with Crippen LogP contribution in [0.2, 0.25) is 0 Å². The normalized spacial score (nSPS) is 16.2. The first-order valence-corrected chi connectivity index (χ1v) is 7.96. The van der Waals surface area contributed by atoms with Crippen LogP contribution in [0.15, 0.2) is 47.3 Å². The minimum Gasteiger partial charge on any atom is -0.497 e. The fourth-order valence-electron chi connectivity index (χ4n) is 3.04. The summed E-state index contributed by atoms with van der Waals surface area (Å²) >= 11 is 0. The van der Waals surface area contributed by atoms with Gasteiger partial charge in [-0.2, -0.15) is 0 Å². The Hall–Kier alpha value is -2.27. The zero-order valence-corrected chi connectivity index (χ0v) is 13.3. The monoisotopic (exact) mass is 314 g/mol. The van der Waals surface area contributed by atoms with Gasteiger partial charge in [0.2, 0.25) is 0 Å². The zero-order chi connectivity index (χ0) is 16.1. The smallest absolute Gasteiger partial charge is 0.254 e. The predicted octanol–water partition coefficient (Wildman–Crippen LogP) is 2.86. The van der Waals surface area contributed by atoms with Crippen LogP contribution in [-0.4, -0.2) is 37.6 Å². The quantitative estimate of drug-likeness (QED) is 0.891. The maximum absolute atomic E-state index is 12.2.